The summed E-state index contributed by atoms with van der Waals surface area (Å²) in [5.41, 5.74) is 5.10. The minimum atomic E-state index is 0.227. The summed E-state index contributed by atoms with van der Waals surface area (Å²) >= 11 is 0. The maximum absolute atomic E-state index is 8.95. The van der Waals surface area contributed by atoms with E-state index < -0.39 is 0 Å². The van der Waals surface area contributed by atoms with Crippen LogP contribution in [0.15, 0.2) is 24.5 Å². The minimum Gasteiger partial charge on any atom is -0.396 e. The van der Waals surface area contributed by atoms with Crippen molar-refractivity contribution in [2.24, 2.45) is 0 Å². The van der Waals surface area contributed by atoms with Gasteiger partial charge in [0.05, 0.1) is 6.42 Å². The lowest BCUT2D eigenvalue weighted by molar-refractivity contribution is -0.603. The third kappa shape index (κ3) is 2.46. The van der Waals surface area contributed by atoms with Crippen molar-refractivity contribution in [3.05, 3.63) is 47.0 Å². The Morgan fingerprint density at radius 2 is 1.83 bits per heavy atom. The highest BCUT2D eigenvalue weighted by molar-refractivity contribution is 5.43. The molecule has 96 valence electrons. The van der Waals surface area contributed by atoms with Crippen molar-refractivity contribution in [3.8, 4) is 5.69 Å². The normalized spacial score (nSPS) is 10.9. The van der Waals surface area contributed by atoms with E-state index in [1.165, 1.54) is 22.4 Å². The number of H-pyrrole nitrogens is 1. The van der Waals surface area contributed by atoms with Crippen molar-refractivity contribution < 1.29 is 9.67 Å². The van der Waals surface area contributed by atoms with Crippen LogP contribution in [0.5, 0.6) is 0 Å². The molecule has 0 radical (unpaired) electrons. The van der Waals surface area contributed by atoms with Gasteiger partial charge in [0.25, 0.3) is 5.82 Å². The number of imidazole rings is 1. The second kappa shape index (κ2) is 5.36. The van der Waals surface area contributed by atoms with Crippen LogP contribution < -0.4 is 4.57 Å². The zero-order valence-electron chi connectivity index (χ0n) is 11.3. The van der Waals surface area contributed by atoms with E-state index in [0.717, 1.165) is 18.7 Å². The summed E-state index contributed by atoms with van der Waals surface area (Å²) in [5.74, 6) is 1.14. The molecule has 0 saturated heterocycles. The van der Waals surface area contributed by atoms with E-state index in [9.17, 15) is 0 Å². The second-order valence-corrected chi connectivity index (χ2v) is 4.85. The first-order valence-electron chi connectivity index (χ1n) is 6.40. The number of aliphatic hydroxyl groups is 1. The summed E-state index contributed by atoms with van der Waals surface area (Å²) in [5, 5.41) is 8.95. The lowest BCUT2D eigenvalue weighted by Gasteiger charge is -2.09. The minimum absolute atomic E-state index is 0.227. The van der Waals surface area contributed by atoms with Crippen LogP contribution in [0.25, 0.3) is 5.69 Å². The molecule has 2 N–H and O–H groups in total. The number of aliphatic hydroxyl groups excluding tert-OH is 1. The number of benzene rings is 1. The smallest absolute Gasteiger partial charge is 0.259 e. The van der Waals surface area contributed by atoms with Crippen LogP contribution >= 0.6 is 0 Å². The third-order valence-electron chi connectivity index (χ3n) is 3.21. The Hall–Kier alpha value is -1.61. The molecular formula is C15H21N2O+. The number of nitrogens with zero attached hydrogens (tertiary/aromatic N) is 1. The van der Waals surface area contributed by atoms with Gasteiger partial charge in [0.15, 0.2) is 0 Å². The molecule has 2 rings (SSSR count). The molecule has 0 amide bonds. The third-order valence-corrected chi connectivity index (χ3v) is 3.21. The Labute approximate surface area is 108 Å². The van der Waals surface area contributed by atoms with Gasteiger partial charge in [0, 0.05) is 6.61 Å². The molecule has 0 saturated carbocycles. The second-order valence-electron chi connectivity index (χ2n) is 4.85. The largest absolute Gasteiger partial charge is 0.396 e. The fourth-order valence-corrected chi connectivity index (χ4v) is 2.57. The first kappa shape index (κ1) is 12.8. The Morgan fingerprint density at radius 3 is 2.44 bits per heavy atom. The van der Waals surface area contributed by atoms with Crippen molar-refractivity contribution in [2.45, 2.75) is 33.6 Å². The molecule has 3 nitrogen and oxygen atoms in total. The Bertz CT molecular complexity index is 520. The Balaban J connectivity index is 2.46. The molecule has 0 fully saturated rings. The number of hydrogen-bond donors (Lipinski definition) is 2. The number of aromatic nitrogens is 2. The van der Waals surface area contributed by atoms with Crippen molar-refractivity contribution in [1.29, 1.82) is 0 Å². The molecule has 0 aliphatic carbocycles. The van der Waals surface area contributed by atoms with Crippen LogP contribution in [0.3, 0.4) is 0 Å². The zero-order chi connectivity index (χ0) is 13.1. The van der Waals surface area contributed by atoms with Gasteiger partial charge in [0.1, 0.15) is 18.1 Å². The van der Waals surface area contributed by atoms with Gasteiger partial charge in [-0.2, -0.15) is 4.57 Å². The summed E-state index contributed by atoms with van der Waals surface area (Å²) in [6, 6.07) is 4.41. The predicted octanol–water partition coefficient (Wildman–Crippen LogP) is 2.14. The average Bonchev–Trinajstić information content (AvgIpc) is 2.73. The molecule has 1 aromatic heterocycles. The number of aryl methyl sites for hydroxylation is 4. The molecule has 18 heavy (non-hydrogen) atoms. The van der Waals surface area contributed by atoms with Gasteiger partial charge < -0.3 is 5.11 Å². The number of aromatic amines is 1. The molecule has 1 heterocycles. The molecule has 3 heteroatoms. The molecule has 0 atom stereocenters. The quantitative estimate of drug-likeness (QED) is 0.796. The molecule has 0 aliphatic heterocycles. The van der Waals surface area contributed by atoms with Crippen molar-refractivity contribution >= 4 is 0 Å². The lowest BCUT2D eigenvalue weighted by Crippen LogP contribution is -2.35. The summed E-state index contributed by atoms with van der Waals surface area (Å²) in [4.78, 5) is 3.26. The summed E-state index contributed by atoms with van der Waals surface area (Å²) < 4.78 is 2.19. The van der Waals surface area contributed by atoms with Gasteiger partial charge in [-0.15, -0.1) is 0 Å². The number of hydrogen-bond acceptors (Lipinski definition) is 1. The van der Waals surface area contributed by atoms with Gasteiger partial charge in [-0.25, -0.2) is 4.98 Å². The molecule has 1 aromatic carbocycles. The van der Waals surface area contributed by atoms with E-state index in [4.69, 9.17) is 5.11 Å². The molecule has 0 unspecified atom stereocenters. The van der Waals surface area contributed by atoms with Gasteiger partial charge in [-0.1, -0.05) is 17.7 Å². The Kier molecular flexibility index (Phi) is 3.82. The van der Waals surface area contributed by atoms with Gasteiger partial charge in [-0.05, 0) is 38.3 Å². The van der Waals surface area contributed by atoms with Gasteiger partial charge in [-0.3, -0.25) is 0 Å². The van der Waals surface area contributed by atoms with Crippen LogP contribution in [0.1, 0.15) is 28.9 Å². The van der Waals surface area contributed by atoms with Crippen LogP contribution in [-0.4, -0.2) is 16.7 Å². The first-order valence-corrected chi connectivity index (χ1v) is 6.40. The average molecular weight is 245 g/mol. The Morgan fingerprint density at radius 1 is 1.17 bits per heavy atom. The van der Waals surface area contributed by atoms with E-state index in [0.29, 0.717) is 0 Å². The highest BCUT2D eigenvalue weighted by Crippen LogP contribution is 2.16. The maximum atomic E-state index is 8.95. The fraction of sp³-hybridized carbons (Fsp3) is 0.400. The maximum Gasteiger partial charge on any atom is 0.259 e. The molecule has 0 spiro atoms. The first-order chi connectivity index (χ1) is 8.63. The van der Waals surface area contributed by atoms with E-state index in [2.05, 4.69) is 48.7 Å². The van der Waals surface area contributed by atoms with E-state index in [1.54, 1.807) is 0 Å². The van der Waals surface area contributed by atoms with E-state index >= 15 is 0 Å². The summed E-state index contributed by atoms with van der Waals surface area (Å²) in [6.07, 6.45) is 5.64. The van der Waals surface area contributed by atoms with Gasteiger partial charge >= 0.3 is 0 Å². The summed E-state index contributed by atoms with van der Waals surface area (Å²) in [7, 11) is 0. The van der Waals surface area contributed by atoms with Crippen LogP contribution in [-0.2, 0) is 6.42 Å². The standard InChI is InChI=1S/C15H20N2O/c1-11-9-12(2)15(13(3)10-11)17-7-6-16-14(17)5-4-8-18/h6-7,9-10,18H,4-5,8H2,1-3H3/p+1. The molecule has 0 aliphatic rings. The SMILES string of the molecule is Cc1cc(C)c(-[n+]2cc[nH]c2CCCO)c(C)c1. The molecule has 0 bridgehead atoms. The number of nitrogens with one attached hydrogen (secondary N) is 1. The summed E-state index contributed by atoms with van der Waals surface area (Å²) in [6.45, 7) is 6.64. The van der Waals surface area contributed by atoms with Crippen molar-refractivity contribution in [3.63, 3.8) is 0 Å². The van der Waals surface area contributed by atoms with Crippen molar-refractivity contribution in [1.82, 2.24) is 4.98 Å². The fourth-order valence-electron chi connectivity index (χ4n) is 2.57. The van der Waals surface area contributed by atoms with Gasteiger partial charge in [0.2, 0.25) is 0 Å². The van der Waals surface area contributed by atoms with Crippen LogP contribution in [0.2, 0.25) is 0 Å². The number of rotatable bonds is 4. The monoisotopic (exact) mass is 245 g/mol. The molecule has 2 aromatic rings. The van der Waals surface area contributed by atoms with Crippen molar-refractivity contribution in [2.75, 3.05) is 6.61 Å². The van der Waals surface area contributed by atoms with Crippen LogP contribution in [0, 0.1) is 20.8 Å². The highest BCUT2D eigenvalue weighted by Gasteiger charge is 2.16. The topological polar surface area (TPSA) is 39.9 Å². The highest BCUT2D eigenvalue weighted by atomic mass is 16.2. The lowest BCUT2D eigenvalue weighted by atomic mass is 10.0. The van der Waals surface area contributed by atoms with Crippen LogP contribution in [0.4, 0.5) is 0 Å². The van der Waals surface area contributed by atoms with E-state index in [1.807, 2.05) is 6.20 Å². The molecular weight excluding hydrogens is 224 g/mol. The zero-order valence-corrected chi connectivity index (χ0v) is 11.3. The van der Waals surface area contributed by atoms with E-state index in [-0.39, 0.29) is 6.61 Å². The predicted molar refractivity (Wildman–Crippen MR) is 71.9 cm³/mol.